The number of esters is 1. The van der Waals surface area contributed by atoms with Gasteiger partial charge < -0.3 is 9.47 Å². The third-order valence-corrected chi connectivity index (χ3v) is 5.34. The molecule has 0 spiro atoms. The molecule has 0 aliphatic carbocycles. The van der Waals surface area contributed by atoms with Crippen molar-refractivity contribution in [3.8, 4) is 5.75 Å². The second kappa shape index (κ2) is 6.50. The number of halogens is 1. The lowest BCUT2D eigenvalue weighted by molar-refractivity contribution is 0.0596. The first-order valence-electron chi connectivity index (χ1n) is 6.17. The lowest BCUT2D eigenvalue weighted by atomic mass is 10.2. The first kappa shape index (κ1) is 16.5. The molecular weight excluding hydrogens is 372 g/mol. The number of para-hydroxylation sites is 1. The van der Waals surface area contributed by atoms with Gasteiger partial charge >= 0.3 is 5.97 Å². The van der Waals surface area contributed by atoms with Crippen molar-refractivity contribution < 1.29 is 22.7 Å². The molecular formula is C15H13BrO5S. The fourth-order valence-corrected chi connectivity index (χ4v) is 3.92. The lowest BCUT2D eigenvalue weighted by Crippen LogP contribution is -2.12. The minimum atomic E-state index is -3.93. The van der Waals surface area contributed by atoms with E-state index < -0.39 is 15.8 Å². The Morgan fingerprint density at radius 2 is 1.73 bits per heavy atom. The lowest BCUT2D eigenvalue weighted by Gasteiger charge is -2.12. The highest BCUT2D eigenvalue weighted by atomic mass is 79.9. The first-order chi connectivity index (χ1) is 10.4. The minimum Gasteiger partial charge on any atom is -0.495 e. The van der Waals surface area contributed by atoms with Gasteiger partial charge in [-0.3, -0.25) is 0 Å². The summed E-state index contributed by atoms with van der Waals surface area (Å²) in [6.45, 7) is 0. The molecule has 0 aliphatic heterocycles. The zero-order valence-electron chi connectivity index (χ0n) is 11.9. The molecule has 2 aromatic carbocycles. The maximum Gasteiger partial charge on any atom is 0.339 e. The largest absolute Gasteiger partial charge is 0.495 e. The molecule has 22 heavy (non-hydrogen) atoms. The fourth-order valence-electron chi connectivity index (χ4n) is 1.97. The normalized spacial score (nSPS) is 11.0. The van der Waals surface area contributed by atoms with E-state index in [-0.39, 0.29) is 21.1 Å². The van der Waals surface area contributed by atoms with Gasteiger partial charge in [0.2, 0.25) is 9.84 Å². The summed E-state index contributed by atoms with van der Waals surface area (Å²) in [5, 5.41) is 0. The highest BCUT2D eigenvalue weighted by Crippen LogP contribution is 2.32. The van der Waals surface area contributed by atoms with Crippen LogP contribution in [0.1, 0.15) is 10.4 Å². The summed E-state index contributed by atoms with van der Waals surface area (Å²) < 4.78 is 36.1. The molecule has 0 aliphatic rings. The van der Waals surface area contributed by atoms with Gasteiger partial charge in [0.15, 0.2) is 0 Å². The number of rotatable bonds is 4. The molecule has 0 aromatic heterocycles. The number of carbonyl (C=O) groups excluding carboxylic acids is 1. The van der Waals surface area contributed by atoms with Crippen LogP contribution in [-0.4, -0.2) is 28.6 Å². The molecule has 2 rings (SSSR count). The molecule has 0 saturated carbocycles. The quantitative estimate of drug-likeness (QED) is 0.757. The standard InChI is InChI=1S/C15H13BrO5S/c1-20-12-5-3-4-6-14(12)22(18,19)13-8-7-10(16)9-11(13)15(17)21-2/h3-9H,1-2H3. The number of hydrogen-bond acceptors (Lipinski definition) is 5. The third-order valence-electron chi connectivity index (χ3n) is 3.00. The van der Waals surface area contributed by atoms with E-state index in [9.17, 15) is 13.2 Å². The van der Waals surface area contributed by atoms with Crippen molar-refractivity contribution in [2.24, 2.45) is 0 Å². The first-order valence-corrected chi connectivity index (χ1v) is 8.45. The molecule has 0 N–H and O–H groups in total. The molecule has 7 heteroatoms. The van der Waals surface area contributed by atoms with E-state index >= 15 is 0 Å². The molecule has 116 valence electrons. The number of sulfone groups is 1. The predicted octanol–water partition coefficient (Wildman–Crippen LogP) is 3.08. The monoisotopic (exact) mass is 384 g/mol. The Morgan fingerprint density at radius 3 is 2.36 bits per heavy atom. The predicted molar refractivity (Wildman–Crippen MR) is 83.9 cm³/mol. The van der Waals surface area contributed by atoms with Crippen molar-refractivity contribution in [3.63, 3.8) is 0 Å². The second-order valence-electron chi connectivity index (χ2n) is 4.29. The van der Waals surface area contributed by atoms with Crippen LogP contribution < -0.4 is 4.74 Å². The molecule has 0 unspecified atom stereocenters. The van der Waals surface area contributed by atoms with E-state index in [1.54, 1.807) is 24.3 Å². The summed E-state index contributed by atoms with van der Waals surface area (Å²) in [5.41, 5.74) is -0.0391. The second-order valence-corrected chi connectivity index (χ2v) is 7.09. The highest BCUT2D eigenvalue weighted by Gasteiger charge is 2.27. The van der Waals surface area contributed by atoms with Crippen LogP contribution in [0.4, 0.5) is 0 Å². The summed E-state index contributed by atoms with van der Waals surface area (Å²) in [6.07, 6.45) is 0. The fraction of sp³-hybridized carbons (Fsp3) is 0.133. The Morgan fingerprint density at radius 1 is 1.05 bits per heavy atom. The molecule has 0 atom stereocenters. The zero-order chi connectivity index (χ0) is 16.3. The molecule has 0 amide bonds. The van der Waals surface area contributed by atoms with Gasteiger partial charge in [0.1, 0.15) is 10.6 Å². The Bertz CT molecular complexity index is 814. The SMILES string of the molecule is COC(=O)c1cc(Br)ccc1S(=O)(=O)c1ccccc1OC. The molecule has 2 aromatic rings. The smallest absolute Gasteiger partial charge is 0.339 e. The number of methoxy groups -OCH3 is 2. The van der Waals surface area contributed by atoms with Crippen LogP contribution >= 0.6 is 15.9 Å². The number of hydrogen-bond donors (Lipinski definition) is 0. The van der Waals surface area contributed by atoms with Gasteiger partial charge in [-0.2, -0.15) is 0 Å². The van der Waals surface area contributed by atoms with E-state index in [1.807, 2.05) is 0 Å². The van der Waals surface area contributed by atoms with Crippen LogP contribution in [0.2, 0.25) is 0 Å². The summed E-state index contributed by atoms with van der Waals surface area (Å²) in [6, 6.07) is 10.6. The molecule has 0 bridgehead atoms. The Labute approximate surface area is 136 Å². The Kier molecular flexibility index (Phi) is 4.87. The van der Waals surface area contributed by atoms with Gasteiger partial charge in [0, 0.05) is 4.47 Å². The van der Waals surface area contributed by atoms with E-state index in [4.69, 9.17) is 4.74 Å². The maximum atomic E-state index is 12.9. The van der Waals surface area contributed by atoms with Crippen molar-refractivity contribution in [1.29, 1.82) is 0 Å². The topological polar surface area (TPSA) is 69.7 Å². The summed E-state index contributed by atoms with van der Waals surface area (Å²) >= 11 is 3.22. The van der Waals surface area contributed by atoms with Gasteiger partial charge in [0.25, 0.3) is 0 Å². The van der Waals surface area contributed by atoms with Crippen LogP contribution in [0, 0.1) is 0 Å². The van der Waals surface area contributed by atoms with Crippen LogP contribution in [0.5, 0.6) is 5.75 Å². The molecule has 0 fully saturated rings. The molecule has 0 radical (unpaired) electrons. The van der Waals surface area contributed by atoms with Crippen molar-refractivity contribution in [3.05, 3.63) is 52.5 Å². The van der Waals surface area contributed by atoms with Gasteiger partial charge in [-0.05, 0) is 30.3 Å². The van der Waals surface area contributed by atoms with Crippen LogP contribution in [0.25, 0.3) is 0 Å². The summed E-state index contributed by atoms with van der Waals surface area (Å²) in [7, 11) is -1.35. The minimum absolute atomic E-state index is 0.00928. The number of carbonyl (C=O) groups is 1. The van der Waals surface area contributed by atoms with Gasteiger partial charge in [-0.1, -0.05) is 28.1 Å². The number of benzene rings is 2. The summed E-state index contributed by atoms with van der Waals surface area (Å²) in [4.78, 5) is 11.7. The molecule has 0 heterocycles. The van der Waals surface area contributed by atoms with Gasteiger partial charge in [-0.25, -0.2) is 13.2 Å². The van der Waals surface area contributed by atoms with Gasteiger partial charge in [-0.15, -0.1) is 0 Å². The number of ether oxygens (including phenoxy) is 2. The third kappa shape index (κ3) is 3.00. The average molecular weight is 385 g/mol. The summed E-state index contributed by atoms with van der Waals surface area (Å²) in [5.74, 6) is -0.518. The highest BCUT2D eigenvalue weighted by molar-refractivity contribution is 9.10. The van der Waals surface area contributed by atoms with Crippen molar-refractivity contribution in [2.75, 3.05) is 14.2 Å². The Hall–Kier alpha value is -1.86. The van der Waals surface area contributed by atoms with Crippen molar-refractivity contribution in [2.45, 2.75) is 9.79 Å². The van der Waals surface area contributed by atoms with Crippen LogP contribution in [-0.2, 0) is 14.6 Å². The van der Waals surface area contributed by atoms with Gasteiger partial charge in [0.05, 0.1) is 24.7 Å². The molecule has 0 saturated heterocycles. The van der Waals surface area contributed by atoms with Crippen molar-refractivity contribution >= 4 is 31.7 Å². The average Bonchev–Trinajstić information content (AvgIpc) is 2.53. The molecule has 5 nitrogen and oxygen atoms in total. The Balaban J connectivity index is 2.72. The maximum absolute atomic E-state index is 12.9. The van der Waals surface area contributed by atoms with E-state index in [1.165, 1.54) is 32.4 Å². The van der Waals surface area contributed by atoms with E-state index in [2.05, 4.69) is 20.7 Å². The zero-order valence-corrected chi connectivity index (χ0v) is 14.3. The van der Waals surface area contributed by atoms with Crippen LogP contribution in [0.15, 0.2) is 56.7 Å². The van der Waals surface area contributed by atoms with E-state index in [0.717, 1.165) is 0 Å². The van der Waals surface area contributed by atoms with Crippen LogP contribution in [0.3, 0.4) is 0 Å². The van der Waals surface area contributed by atoms with Crippen molar-refractivity contribution in [1.82, 2.24) is 0 Å². The van der Waals surface area contributed by atoms with E-state index in [0.29, 0.717) is 4.47 Å².